The van der Waals surface area contributed by atoms with E-state index in [-0.39, 0.29) is 0 Å². The van der Waals surface area contributed by atoms with Gasteiger partial charge in [-0.1, -0.05) is 34.0 Å². The lowest BCUT2D eigenvalue weighted by Gasteiger charge is -2.00. The molecule has 0 rings (SSSR count). The molecule has 0 aliphatic heterocycles. The van der Waals surface area contributed by atoms with Crippen LogP contribution in [0.25, 0.3) is 0 Å². The van der Waals surface area contributed by atoms with Gasteiger partial charge in [0.15, 0.2) is 0 Å². The molecular formula is C16H27NO. The van der Waals surface area contributed by atoms with Gasteiger partial charge < -0.3 is 4.84 Å². The summed E-state index contributed by atoms with van der Waals surface area (Å²) in [6.45, 7) is 8.63. The lowest BCUT2D eigenvalue weighted by molar-refractivity contribution is 0.215. The quantitative estimate of drug-likeness (QED) is 0.335. The molecule has 0 unspecified atom stereocenters. The molecule has 0 aliphatic rings. The van der Waals surface area contributed by atoms with Crippen LogP contribution < -0.4 is 0 Å². The number of nitrogens with zero attached hydrogens (tertiary/aromatic N) is 1. The molecule has 0 atom stereocenters. The molecule has 0 aliphatic carbocycles. The lowest BCUT2D eigenvalue weighted by atomic mass is 10.1. The van der Waals surface area contributed by atoms with Crippen molar-refractivity contribution in [2.75, 3.05) is 7.11 Å². The summed E-state index contributed by atoms with van der Waals surface area (Å²) in [5, 5.41) is 3.69. The normalized spacial score (nSPS) is 12.9. The minimum atomic E-state index is 1.08. The maximum Gasteiger partial charge on any atom is 0.106 e. The van der Waals surface area contributed by atoms with Gasteiger partial charge in [-0.25, -0.2) is 0 Å². The molecule has 0 bridgehead atoms. The number of hydrogen-bond donors (Lipinski definition) is 0. The van der Waals surface area contributed by atoms with Crippen molar-refractivity contribution in [2.45, 2.75) is 53.4 Å². The van der Waals surface area contributed by atoms with Gasteiger partial charge in [-0.05, 0) is 59.5 Å². The van der Waals surface area contributed by atoms with Gasteiger partial charge in [0, 0.05) is 0 Å². The van der Waals surface area contributed by atoms with Crippen LogP contribution in [-0.2, 0) is 4.84 Å². The third-order valence-electron chi connectivity index (χ3n) is 2.65. The summed E-state index contributed by atoms with van der Waals surface area (Å²) < 4.78 is 0. The lowest BCUT2D eigenvalue weighted by Crippen LogP contribution is -1.81. The summed E-state index contributed by atoms with van der Waals surface area (Å²) in [6.07, 6.45) is 12.8. The summed E-state index contributed by atoms with van der Waals surface area (Å²) >= 11 is 0. The van der Waals surface area contributed by atoms with Crippen LogP contribution in [0.15, 0.2) is 40.1 Å². The Morgan fingerprint density at radius 2 is 1.56 bits per heavy atom. The van der Waals surface area contributed by atoms with E-state index in [2.05, 4.69) is 49.8 Å². The Labute approximate surface area is 112 Å². The first-order chi connectivity index (χ1) is 8.56. The van der Waals surface area contributed by atoms with E-state index >= 15 is 0 Å². The van der Waals surface area contributed by atoms with Crippen LogP contribution in [0.3, 0.4) is 0 Å². The zero-order chi connectivity index (χ0) is 13.8. The summed E-state index contributed by atoms with van der Waals surface area (Å²) in [7, 11) is 1.55. The highest BCUT2D eigenvalue weighted by atomic mass is 16.6. The van der Waals surface area contributed by atoms with Crippen molar-refractivity contribution in [1.82, 2.24) is 0 Å². The van der Waals surface area contributed by atoms with Crippen molar-refractivity contribution >= 4 is 6.21 Å². The van der Waals surface area contributed by atoms with Crippen molar-refractivity contribution in [3.8, 4) is 0 Å². The van der Waals surface area contributed by atoms with E-state index in [0.717, 1.165) is 19.3 Å². The fourth-order valence-corrected chi connectivity index (χ4v) is 1.54. The SMILES string of the molecule is CO/N=C/C=C(\C)CC/C=C(\C)CCC=C(C)C. The zero-order valence-corrected chi connectivity index (χ0v) is 12.5. The van der Waals surface area contributed by atoms with Gasteiger partial charge in [-0.15, -0.1) is 0 Å². The maximum atomic E-state index is 4.61. The van der Waals surface area contributed by atoms with Crippen molar-refractivity contribution in [1.29, 1.82) is 0 Å². The Bertz CT molecular complexity index is 331. The van der Waals surface area contributed by atoms with E-state index in [1.807, 2.05) is 6.08 Å². The van der Waals surface area contributed by atoms with Crippen LogP contribution in [0.1, 0.15) is 53.4 Å². The first-order valence-corrected chi connectivity index (χ1v) is 6.57. The van der Waals surface area contributed by atoms with Crippen LogP contribution in [0.4, 0.5) is 0 Å². The maximum absolute atomic E-state index is 4.61. The molecule has 0 spiro atoms. The molecule has 0 heterocycles. The predicted octanol–water partition coefficient (Wildman–Crippen LogP) is 5.04. The molecule has 0 saturated heterocycles. The second kappa shape index (κ2) is 10.8. The standard InChI is InChI=1S/C16H27NO/c1-14(2)8-6-9-15(3)10-7-11-16(4)12-13-17-18-5/h8,10,12-13H,6-7,9,11H2,1-5H3/b15-10+,16-12+,17-13+. The van der Waals surface area contributed by atoms with Crippen LogP contribution in [0.2, 0.25) is 0 Å². The molecule has 2 nitrogen and oxygen atoms in total. The smallest absolute Gasteiger partial charge is 0.106 e. The van der Waals surface area contributed by atoms with Gasteiger partial charge in [0.1, 0.15) is 7.11 Å². The molecule has 0 aromatic carbocycles. The molecule has 0 saturated carbocycles. The van der Waals surface area contributed by atoms with E-state index in [1.54, 1.807) is 13.3 Å². The Balaban J connectivity index is 3.89. The zero-order valence-electron chi connectivity index (χ0n) is 12.5. The number of rotatable bonds is 8. The van der Waals surface area contributed by atoms with E-state index in [1.165, 1.54) is 23.1 Å². The minimum absolute atomic E-state index is 1.08. The van der Waals surface area contributed by atoms with Crippen molar-refractivity contribution in [2.24, 2.45) is 5.16 Å². The highest BCUT2D eigenvalue weighted by molar-refractivity contribution is 5.71. The topological polar surface area (TPSA) is 21.6 Å². The van der Waals surface area contributed by atoms with Gasteiger partial charge in [0.2, 0.25) is 0 Å². The van der Waals surface area contributed by atoms with Crippen LogP contribution >= 0.6 is 0 Å². The molecule has 102 valence electrons. The molecule has 2 heteroatoms. The second-order valence-electron chi connectivity index (χ2n) is 4.86. The Hall–Kier alpha value is -1.31. The summed E-state index contributed by atoms with van der Waals surface area (Å²) in [4.78, 5) is 4.61. The monoisotopic (exact) mass is 249 g/mol. The Kier molecular flexibility index (Phi) is 10.0. The fraction of sp³-hybridized carbons (Fsp3) is 0.562. The summed E-state index contributed by atoms with van der Waals surface area (Å²) in [5.74, 6) is 0. The molecule has 0 aromatic rings. The molecule has 0 radical (unpaired) electrons. The second-order valence-corrected chi connectivity index (χ2v) is 4.86. The summed E-state index contributed by atoms with van der Waals surface area (Å²) in [5.41, 5.74) is 4.20. The third-order valence-corrected chi connectivity index (χ3v) is 2.65. The third kappa shape index (κ3) is 11.2. The van der Waals surface area contributed by atoms with E-state index in [0.29, 0.717) is 0 Å². The first-order valence-electron chi connectivity index (χ1n) is 6.57. The van der Waals surface area contributed by atoms with Crippen LogP contribution in [0, 0.1) is 0 Å². The average Bonchev–Trinajstić information content (AvgIpc) is 2.29. The number of hydrogen-bond acceptors (Lipinski definition) is 2. The average molecular weight is 249 g/mol. The first kappa shape index (κ1) is 16.7. The van der Waals surface area contributed by atoms with Gasteiger partial charge in [-0.3, -0.25) is 0 Å². The largest absolute Gasteiger partial charge is 0.399 e. The molecule has 0 amide bonds. The van der Waals surface area contributed by atoms with E-state index in [4.69, 9.17) is 0 Å². The van der Waals surface area contributed by atoms with Crippen LogP contribution in [-0.4, -0.2) is 13.3 Å². The summed E-state index contributed by atoms with van der Waals surface area (Å²) in [6, 6.07) is 0. The van der Waals surface area contributed by atoms with Gasteiger partial charge in [0.25, 0.3) is 0 Å². The van der Waals surface area contributed by atoms with E-state index < -0.39 is 0 Å². The highest BCUT2D eigenvalue weighted by Crippen LogP contribution is 2.10. The molecule has 0 fully saturated rings. The number of allylic oxidation sites excluding steroid dienone is 6. The van der Waals surface area contributed by atoms with Crippen molar-refractivity contribution in [3.63, 3.8) is 0 Å². The molecule has 0 aromatic heterocycles. The molecule has 0 N–H and O–H groups in total. The molecular weight excluding hydrogens is 222 g/mol. The van der Waals surface area contributed by atoms with Crippen molar-refractivity contribution < 1.29 is 4.84 Å². The predicted molar refractivity (Wildman–Crippen MR) is 80.9 cm³/mol. The van der Waals surface area contributed by atoms with Crippen LogP contribution in [0.5, 0.6) is 0 Å². The van der Waals surface area contributed by atoms with Gasteiger partial charge in [-0.2, -0.15) is 0 Å². The highest BCUT2D eigenvalue weighted by Gasteiger charge is 1.91. The molecule has 18 heavy (non-hydrogen) atoms. The Morgan fingerprint density at radius 3 is 2.17 bits per heavy atom. The minimum Gasteiger partial charge on any atom is -0.399 e. The van der Waals surface area contributed by atoms with Crippen molar-refractivity contribution in [3.05, 3.63) is 34.9 Å². The fourth-order valence-electron chi connectivity index (χ4n) is 1.54. The van der Waals surface area contributed by atoms with Gasteiger partial charge >= 0.3 is 0 Å². The van der Waals surface area contributed by atoms with Gasteiger partial charge in [0.05, 0.1) is 6.21 Å². The number of oxime groups is 1. The van der Waals surface area contributed by atoms with E-state index in [9.17, 15) is 0 Å². The Morgan fingerprint density at radius 1 is 0.944 bits per heavy atom.